The number of nitrogens with zero attached hydrogens (tertiary/aromatic N) is 1. The van der Waals surface area contributed by atoms with Crippen LogP contribution in [0.25, 0.3) is 0 Å². The molecule has 36 heavy (non-hydrogen) atoms. The van der Waals surface area contributed by atoms with Crippen molar-refractivity contribution in [3.63, 3.8) is 0 Å². The van der Waals surface area contributed by atoms with Gasteiger partial charge in [0.25, 0.3) is 0 Å². The van der Waals surface area contributed by atoms with Gasteiger partial charge in [-0.1, -0.05) is 113 Å². The first-order valence-corrected chi connectivity index (χ1v) is 12.7. The largest absolute Gasteiger partial charge is 0.310 e. The van der Waals surface area contributed by atoms with E-state index in [0.717, 1.165) is 0 Å². The lowest BCUT2D eigenvalue weighted by Gasteiger charge is -2.46. The second-order valence-corrected chi connectivity index (χ2v) is 10.2. The molecular weight excluding hydrogens is 434 g/mol. The van der Waals surface area contributed by atoms with Gasteiger partial charge in [0.05, 0.1) is 16.8 Å². The van der Waals surface area contributed by atoms with E-state index in [9.17, 15) is 0 Å². The average molecular weight is 466 g/mol. The van der Waals surface area contributed by atoms with Gasteiger partial charge in [0.2, 0.25) is 0 Å². The number of hydrogen-bond donors (Lipinski definition) is 0. The maximum atomic E-state index is 2.43. The van der Waals surface area contributed by atoms with Crippen LogP contribution >= 0.6 is 0 Å². The third kappa shape index (κ3) is 3.38. The van der Waals surface area contributed by atoms with Crippen LogP contribution < -0.4 is 4.90 Å². The molecule has 0 unspecified atom stereocenters. The van der Waals surface area contributed by atoms with E-state index in [0.29, 0.717) is 0 Å². The van der Waals surface area contributed by atoms with Crippen LogP contribution in [0.3, 0.4) is 0 Å². The smallest absolute Gasteiger partial charge is 0.0742 e. The number of fused-ring (bicyclic) bond motifs is 2. The first kappa shape index (κ1) is 22.4. The third-order valence-corrected chi connectivity index (χ3v) is 7.61. The molecular formula is C35H31N. The Morgan fingerprint density at radius 1 is 0.444 bits per heavy atom. The summed E-state index contributed by atoms with van der Waals surface area (Å²) < 4.78 is 0. The van der Waals surface area contributed by atoms with Crippen LogP contribution in [0.4, 0.5) is 17.1 Å². The zero-order valence-corrected chi connectivity index (χ0v) is 21.4. The maximum absolute atomic E-state index is 2.43. The number of hydrogen-bond acceptors (Lipinski definition) is 1. The Balaban J connectivity index is 1.77. The van der Waals surface area contributed by atoms with Crippen molar-refractivity contribution in [1.82, 2.24) is 0 Å². The molecule has 0 radical (unpaired) electrons. The molecule has 6 rings (SSSR count). The Labute approximate surface area is 214 Å². The van der Waals surface area contributed by atoms with E-state index in [4.69, 9.17) is 0 Å². The van der Waals surface area contributed by atoms with Gasteiger partial charge in [-0.2, -0.15) is 0 Å². The third-order valence-electron chi connectivity index (χ3n) is 7.61. The first-order chi connectivity index (χ1) is 17.5. The second-order valence-electron chi connectivity index (χ2n) is 10.2. The molecule has 0 fully saturated rings. The fraction of sp³-hybridized carbons (Fsp3) is 0.143. The van der Waals surface area contributed by atoms with E-state index in [1.54, 1.807) is 0 Å². The standard InChI is InChI=1S/C35H31N/c1-24-9-16-28(17-10-24)35(29-18-11-25(2)12-19-29)31-7-5-6-8-33(31)36(30-20-13-26(3)14-21-30)34-22-15-27(4)23-32(34)35/h5-23H,1-4H3. The second kappa shape index (κ2) is 8.53. The van der Waals surface area contributed by atoms with Crippen LogP contribution in [0.15, 0.2) is 115 Å². The number of anilines is 3. The van der Waals surface area contributed by atoms with Crippen LogP contribution in [-0.4, -0.2) is 0 Å². The predicted molar refractivity (Wildman–Crippen MR) is 152 cm³/mol. The molecule has 1 aliphatic rings. The van der Waals surface area contributed by atoms with E-state index in [1.807, 2.05) is 0 Å². The first-order valence-electron chi connectivity index (χ1n) is 12.7. The molecule has 0 aromatic heterocycles. The summed E-state index contributed by atoms with van der Waals surface area (Å²) in [6.45, 7) is 8.67. The number of rotatable bonds is 3. The molecule has 1 heterocycles. The topological polar surface area (TPSA) is 3.24 Å². The minimum absolute atomic E-state index is 0.430. The quantitative estimate of drug-likeness (QED) is 0.252. The van der Waals surface area contributed by atoms with Gasteiger partial charge in [0.15, 0.2) is 0 Å². The van der Waals surface area contributed by atoms with Crippen LogP contribution in [0.1, 0.15) is 44.5 Å². The van der Waals surface area contributed by atoms with Gasteiger partial charge >= 0.3 is 0 Å². The molecule has 0 bridgehead atoms. The van der Waals surface area contributed by atoms with Crippen molar-refractivity contribution >= 4 is 17.1 Å². The molecule has 176 valence electrons. The molecule has 1 nitrogen and oxygen atoms in total. The molecule has 0 atom stereocenters. The number of aryl methyl sites for hydroxylation is 4. The highest BCUT2D eigenvalue weighted by Gasteiger charge is 2.46. The van der Waals surface area contributed by atoms with Gasteiger partial charge in [0.1, 0.15) is 0 Å². The molecule has 5 aromatic carbocycles. The molecule has 0 spiro atoms. The summed E-state index contributed by atoms with van der Waals surface area (Å²) >= 11 is 0. The highest BCUT2D eigenvalue weighted by Crippen LogP contribution is 2.57. The summed E-state index contributed by atoms with van der Waals surface area (Å²) in [7, 11) is 0. The Hall–Kier alpha value is -4.10. The van der Waals surface area contributed by atoms with Gasteiger partial charge < -0.3 is 4.90 Å². The highest BCUT2D eigenvalue weighted by molar-refractivity contribution is 5.89. The Bertz CT molecular complexity index is 1500. The van der Waals surface area contributed by atoms with Crippen LogP contribution in [0.2, 0.25) is 0 Å². The summed E-state index contributed by atoms with van der Waals surface area (Å²) in [5.41, 5.74) is 13.5. The molecule has 1 aliphatic heterocycles. The minimum atomic E-state index is -0.430. The molecule has 0 aliphatic carbocycles. The number of benzene rings is 5. The summed E-state index contributed by atoms with van der Waals surface area (Å²) in [6.07, 6.45) is 0. The minimum Gasteiger partial charge on any atom is -0.310 e. The molecule has 1 heteroatoms. The Morgan fingerprint density at radius 3 is 1.50 bits per heavy atom. The summed E-state index contributed by atoms with van der Waals surface area (Å²) in [6, 6.07) is 43.0. The molecule has 0 saturated heterocycles. The maximum Gasteiger partial charge on any atom is 0.0742 e. The lowest BCUT2D eigenvalue weighted by atomic mass is 9.62. The normalized spacial score (nSPS) is 13.7. The van der Waals surface area contributed by atoms with Gasteiger partial charge in [-0.25, -0.2) is 0 Å². The summed E-state index contributed by atoms with van der Waals surface area (Å²) in [4.78, 5) is 2.43. The van der Waals surface area contributed by atoms with Crippen LogP contribution in [0.5, 0.6) is 0 Å². The molecule has 0 N–H and O–H groups in total. The monoisotopic (exact) mass is 465 g/mol. The van der Waals surface area contributed by atoms with E-state index in [2.05, 4.69) is 148 Å². The van der Waals surface area contributed by atoms with Crippen molar-refractivity contribution in [3.05, 3.63) is 160 Å². The van der Waals surface area contributed by atoms with E-state index in [-0.39, 0.29) is 0 Å². The van der Waals surface area contributed by atoms with Crippen molar-refractivity contribution in [2.24, 2.45) is 0 Å². The SMILES string of the molecule is Cc1ccc(N2c3ccccc3C(c3ccc(C)cc3)(c3ccc(C)cc3)c3cc(C)ccc32)cc1. The predicted octanol–water partition coefficient (Wildman–Crippen LogP) is 9.09. The van der Waals surface area contributed by atoms with Crippen LogP contribution in [0, 0.1) is 27.7 Å². The van der Waals surface area contributed by atoms with Crippen molar-refractivity contribution in [2.45, 2.75) is 33.1 Å². The van der Waals surface area contributed by atoms with Crippen LogP contribution in [-0.2, 0) is 5.41 Å². The average Bonchev–Trinajstić information content (AvgIpc) is 2.89. The highest BCUT2D eigenvalue weighted by atomic mass is 15.2. The lowest BCUT2D eigenvalue weighted by molar-refractivity contribution is 0.729. The Morgan fingerprint density at radius 2 is 0.917 bits per heavy atom. The van der Waals surface area contributed by atoms with Crippen molar-refractivity contribution in [1.29, 1.82) is 0 Å². The molecule has 0 saturated carbocycles. The van der Waals surface area contributed by atoms with Crippen molar-refractivity contribution < 1.29 is 0 Å². The lowest BCUT2D eigenvalue weighted by Crippen LogP contribution is -2.37. The van der Waals surface area contributed by atoms with E-state index >= 15 is 0 Å². The molecule has 5 aromatic rings. The van der Waals surface area contributed by atoms with E-state index in [1.165, 1.54) is 61.6 Å². The van der Waals surface area contributed by atoms with Gasteiger partial charge in [-0.05, 0) is 74.2 Å². The zero-order chi connectivity index (χ0) is 24.9. The fourth-order valence-corrected chi connectivity index (χ4v) is 5.77. The summed E-state index contributed by atoms with van der Waals surface area (Å²) in [5, 5.41) is 0. The van der Waals surface area contributed by atoms with Gasteiger partial charge in [-0.15, -0.1) is 0 Å². The zero-order valence-electron chi connectivity index (χ0n) is 21.4. The van der Waals surface area contributed by atoms with E-state index < -0.39 is 5.41 Å². The van der Waals surface area contributed by atoms with Gasteiger partial charge in [-0.3, -0.25) is 0 Å². The molecule has 0 amide bonds. The Kier molecular flexibility index (Phi) is 5.30. The van der Waals surface area contributed by atoms with Crippen molar-refractivity contribution in [2.75, 3.05) is 4.90 Å². The number of para-hydroxylation sites is 1. The van der Waals surface area contributed by atoms with Crippen molar-refractivity contribution in [3.8, 4) is 0 Å². The summed E-state index contributed by atoms with van der Waals surface area (Å²) in [5.74, 6) is 0. The van der Waals surface area contributed by atoms with Gasteiger partial charge in [0, 0.05) is 5.69 Å². The fourth-order valence-electron chi connectivity index (χ4n) is 5.77.